The van der Waals surface area contributed by atoms with E-state index in [-0.39, 0.29) is 18.8 Å². The van der Waals surface area contributed by atoms with E-state index in [1.54, 1.807) is 46.1 Å². The predicted molar refractivity (Wildman–Crippen MR) is 98.8 cm³/mol. The van der Waals surface area contributed by atoms with E-state index >= 15 is 0 Å². The molecule has 1 aromatic carbocycles. The van der Waals surface area contributed by atoms with E-state index in [1.165, 1.54) is 6.07 Å². The minimum Gasteiger partial charge on any atom is -0.489 e. The molecule has 7 heteroatoms. The Hall–Kier alpha value is -2.54. The van der Waals surface area contributed by atoms with Crippen LogP contribution in [0.25, 0.3) is 0 Å². The van der Waals surface area contributed by atoms with Crippen LogP contribution in [0.1, 0.15) is 37.6 Å². The van der Waals surface area contributed by atoms with Gasteiger partial charge in [-0.3, -0.25) is 5.32 Å². The Morgan fingerprint density at radius 3 is 2.58 bits per heavy atom. The Balaban J connectivity index is 2.90. The molecule has 1 amide bonds. The molecule has 0 saturated heterocycles. The number of carbonyl (C=O) groups is 2. The maximum atomic E-state index is 12.3. The molecule has 144 valence electrons. The highest BCUT2D eigenvalue weighted by Crippen LogP contribution is 2.24. The number of hydrogen-bond acceptors (Lipinski definition) is 6. The van der Waals surface area contributed by atoms with Crippen molar-refractivity contribution in [1.29, 1.82) is 0 Å². The Kier molecular flexibility index (Phi) is 8.64. The van der Waals surface area contributed by atoms with E-state index in [1.807, 2.05) is 0 Å². The van der Waals surface area contributed by atoms with Crippen molar-refractivity contribution in [1.82, 2.24) is 0 Å². The van der Waals surface area contributed by atoms with Crippen LogP contribution in [0, 0.1) is 0 Å². The van der Waals surface area contributed by atoms with Gasteiger partial charge in [0.05, 0.1) is 6.61 Å². The Morgan fingerprint density at radius 2 is 1.96 bits per heavy atom. The zero-order valence-electron chi connectivity index (χ0n) is 15.8. The summed E-state index contributed by atoms with van der Waals surface area (Å²) in [6.07, 6.45) is 1.54. The zero-order valence-corrected chi connectivity index (χ0v) is 15.8. The largest absolute Gasteiger partial charge is 0.489 e. The fourth-order valence-corrected chi connectivity index (χ4v) is 1.91. The number of ether oxygens (including phenoxy) is 4. The van der Waals surface area contributed by atoms with Crippen LogP contribution >= 0.6 is 0 Å². The summed E-state index contributed by atoms with van der Waals surface area (Å²) in [6.45, 7) is 9.83. The van der Waals surface area contributed by atoms with Gasteiger partial charge in [-0.05, 0) is 39.0 Å². The number of hydrogen-bond donors (Lipinski definition) is 1. The number of anilines is 1. The van der Waals surface area contributed by atoms with Crippen LogP contribution in [0.4, 0.5) is 10.5 Å². The molecule has 0 aliphatic heterocycles. The van der Waals surface area contributed by atoms with Gasteiger partial charge in [-0.2, -0.15) is 0 Å². The molecule has 1 aromatic rings. The van der Waals surface area contributed by atoms with Crippen molar-refractivity contribution in [3.63, 3.8) is 0 Å². The first-order valence-electron chi connectivity index (χ1n) is 8.30. The molecule has 0 atom stereocenters. The van der Waals surface area contributed by atoms with Crippen molar-refractivity contribution in [3.05, 3.63) is 36.4 Å². The smallest absolute Gasteiger partial charge is 0.412 e. The molecule has 0 heterocycles. The molecule has 26 heavy (non-hydrogen) atoms. The van der Waals surface area contributed by atoms with Crippen molar-refractivity contribution < 1.29 is 28.5 Å². The highest BCUT2D eigenvalue weighted by Gasteiger charge is 2.19. The first kappa shape index (κ1) is 21.5. The lowest BCUT2D eigenvalue weighted by atomic mass is 10.1. The molecule has 0 saturated carbocycles. The second kappa shape index (κ2) is 10.5. The van der Waals surface area contributed by atoms with E-state index in [0.29, 0.717) is 24.5 Å². The van der Waals surface area contributed by atoms with Crippen LogP contribution < -0.4 is 10.1 Å². The van der Waals surface area contributed by atoms with Gasteiger partial charge in [-0.1, -0.05) is 12.7 Å². The van der Waals surface area contributed by atoms with Gasteiger partial charge in [0.1, 0.15) is 23.5 Å². The molecular weight excluding hydrogens is 338 g/mol. The fourth-order valence-electron chi connectivity index (χ4n) is 1.91. The molecule has 1 N–H and O–H groups in total. The van der Waals surface area contributed by atoms with Gasteiger partial charge < -0.3 is 18.9 Å². The first-order valence-corrected chi connectivity index (χ1v) is 8.30. The SMILES string of the molecule is C=CCOc1ccc(NC(=O)OC(C)(C)C)cc1C(=O)OCCCOC. The third kappa shape index (κ3) is 8.02. The summed E-state index contributed by atoms with van der Waals surface area (Å²) in [5, 5.41) is 2.59. The van der Waals surface area contributed by atoms with Crippen molar-refractivity contribution in [2.24, 2.45) is 0 Å². The van der Waals surface area contributed by atoms with Gasteiger partial charge >= 0.3 is 12.1 Å². The van der Waals surface area contributed by atoms with Crippen molar-refractivity contribution in [2.75, 3.05) is 32.2 Å². The van der Waals surface area contributed by atoms with Crippen LogP contribution in [0.15, 0.2) is 30.9 Å². The molecule has 0 spiro atoms. The molecule has 7 nitrogen and oxygen atoms in total. The van der Waals surface area contributed by atoms with E-state index in [0.717, 1.165) is 0 Å². The number of methoxy groups -OCH3 is 1. The third-order valence-corrected chi connectivity index (χ3v) is 2.93. The quantitative estimate of drug-likeness (QED) is 0.407. The predicted octanol–water partition coefficient (Wildman–Crippen LogP) is 3.79. The average Bonchev–Trinajstić information content (AvgIpc) is 2.55. The lowest BCUT2D eigenvalue weighted by Crippen LogP contribution is -2.27. The summed E-state index contributed by atoms with van der Waals surface area (Å²) in [7, 11) is 1.58. The molecule has 0 aliphatic rings. The molecule has 0 unspecified atom stereocenters. The maximum absolute atomic E-state index is 12.3. The number of amides is 1. The number of nitrogens with one attached hydrogen (secondary N) is 1. The highest BCUT2D eigenvalue weighted by atomic mass is 16.6. The summed E-state index contributed by atoms with van der Waals surface area (Å²) in [5.74, 6) is -0.204. The molecule has 0 radical (unpaired) electrons. The molecule has 0 fully saturated rings. The zero-order chi connectivity index (χ0) is 19.6. The number of esters is 1. The molecule has 0 bridgehead atoms. The molecule has 1 rings (SSSR count). The number of benzene rings is 1. The van der Waals surface area contributed by atoms with E-state index in [4.69, 9.17) is 18.9 Å². The topological polar surface area (TPSA) is 83.1 Å². The summed E-state index contributed by atoms with van der Waals surface area (Å²) >= 11 is 0. The lowest BCUT2D eigenvalue weighted by molar-refractivity contribution is 0.0463. The number of rotatable bonds is 9. The Labute approximate surface area is 154 Å². The minimum absolute atomic E-state index is 0.206. The monoisotopic (exact) mass is 365 g/mol. The second-order valence-electron chi connectivity index (χ2n) is 6.42. The van der Waals surface area contributed by atoms with Crippen LogP contribution in [0.5, 0.6) is 5.75 Å². The average molecular weight is 365 g/mol. The minimum atomic E-state index is -0.625. The van der Waals surface area contributed by atoms with Crippen molar-refractivity contribution in [3.8, 4) is 5.75 Å². The van der Waals surface area contributed by atoms with E-state index in [9.17, 15) is 9.59 Å². The first-order chi connectivity index (χ1) is 12.3. The van der Waals surface area contributed by atoms with E-state index in [2.05, 4.69) is 11.9 Å². The third-order valence-electron chi connectivity index (χ3n) is 2.93. The van der Waals surface area contributed by atoms with Gasteiger partial charge in [0, 0.05) is 25.8 Å². The summed E-state index contributed by atoms with van der Waals surface area (Å²) in [6, 6.07) is 4.69. The number of carbonyl (C=O) groups excluding carboxylic acids is 2. The van der Waals surface area contributed by atoms with Gasteiger partial charge in [-0.15, -0.1) is 0 Å². The van der Waals surface area contributed by atoms with Crippen LogP contribution in [-0.2, 0) is 14.2 Å². The molecule has 0 aromatic heterocycles. The highest BCUT2D eigenvalue weighted by molar-refractivity contribution is 5.95. The normalized spacial score (nSPS) is 10.8. The second-order valence-corrected chi connectivity index (χ2v) is 6.42. The van der Waals surface area contributed by atoms with E-state index < -0.39 is 17.7 Å². The van der Waals surface area contributed by atoms with Crippen LogP contribution in [0.3, 0.4) is 0 Å². The van der Waals surface area contributed by atoms with Crippen LogP contribution in [-0.4, -0.2) is 44.6 Å². The Morgan fingerprint density at radius 1 is 1.23 bits per heavy atom. The van der Waals surface area contributed by atoms with Gasteiger partial charge in [-0.25, -0.2) is 9.59 Å². The fraction of sp³-hybridized carbons (Fsp3) is 0.474. The summed E-state index contributed by atoms with van der Waals surface area (Å²) in [5.41, 5.74) is -0.0212. The van der Waals surface area contributed by atoms with Gasteiger partial charge in [0.2, 0.25) is 0 Å². The van der Waals surface area contributed by atoms with Gasteiger partial charge in [0.15, 0.2) is 0 Å². The van der Waals surface area contributed by atoms with Crippen molar-refractivity contribution in [2.45, 2.75) is 32.8 Å². The maximum Gasteiger partial charge on any atom is 0.412 e. The van der Waals surface area contributed by atoms with Crippen molar-refractivity contribution >= 4 is 17.7 Å². The summed E-state index contributed by atoms with van der Waals surface area (Å²) in [4.78, 5) is 24.2. The molecule has 0 aliphatic carbocycles. The standard InChI is InChI=1S/C19H27NO6/c1-6-10-24-16-9-8-14(20-18(22)26-19(2,3)4)13-15(16)17(21)25-12-7-11-23-5/h6,8-9,13H,1,7,10-12H2,2-5H3,(H,20,22). The lowest BCUT2D eigenvalue weighted by Gasteiger charge is -2.20. The Bertz CT molecular complexity index is 621. The van der Waals surface area contributed by atoms with Crippen LogP contribution in [0.2, 0.25) is 0 Å². The van der Waals surface area contributed by atoms with Gasteiger partial charge in [0.25, 0.3) is 0 Å². The summed E-state index contributed by atoms with van der Waals surface area (Å²) < 4.78 is 20.8. The molecular formula is C19H27NO6.